The molecule has 0 heterocycles. The highest BCUT2D eigenvalue weighted by Crippen LogP contribution is 1.88. The van der Waals surface area contributed by atoms with Crippen molar-refractivity contribution < 1.29 is 9.53 Å². The van der Waals surface area contributed by atoms with Crippen LogP contribution in [0.15, 0.2) is 0 Å². The summed E-state index contributed by atoms with van der Waals surface area (Å²) < 4.78 is 5.10. The number of hydrogen-bond donors (Lipinski definition) is 1. The van der Waals surface area contributed by atoms with Gasteiger partial charge in [0.15, 0.2) is 0 Å². The van der Waals surface area contributed by atoms with Crippen molar-refractivity contribution >= 4 is 5.91 Å². The van der Waals surface area contributed by atoms with Crippen molar-refractivity contribution in [3.8, 4) is 0 Å². The Morgan fingerprint density at radius 1 is 1.67 bits per heavy atom. The predicted octanol–water partition coefficient (Wildman–Crippen LogP) is -0.171. The molecule has 0 aromatic carbocycles. The number of carbonyl (C=O) groups excluding carboxylic acids is 1. The minimum Gasteiger partial charge on any atom is -0.380 e. The van der Waals surface area contributed by atoms with E-state index in [1.165, 1.54) is 0 Å². The zero-order valence-electron chi connectivity index (χ0n) is 8.04. The Morgan fingerprint density at radius 2 is 2.25 bits per heavy atom. The molecule has 1 amide bonds. The van der Waals surface area contributed by atoms with Crippen LogP contribution in [0.5, 0.6) is 0 Å². The smallest absolute Gasteiger partial charge is 0.239 e. The molecule has 0 spiro atoms. The lowest BCUT2D eigenvalue weighted by Crippen LogP contribution is -2.41. The lowest BCUT2D eigenvalue weighted by Gasteiger charge is -2.18. The van der Waals surface area contributed by atoms with Gasteiger partial charge in [0.25, 0.3) is 0 Å². The summed E-state index contributed by atoms with van der Waals surface area (Å²) in [5, 5.41) is 0. The molecule has 0 aliphatic rings. The summed E-state index contributed by atoms with van der Waals surface area (Å²) in [5.41, 5.74) is 5.41. The Kier molecular flexibility index (Phi) is 5.66. The maximum Gasteiger partial charge on any atom is 0.239 e. The Balaban J connectivity index is 3.57. The molecule has 0 aromatic heterocycles. The van der Waals surface area contributed by atoms with Gasteiger partial charge in [-0.25, -0.2) is 0 Å². The molecule has 4 heteroatoms. The van der Waals surface area contributed by atoms with E-state index < -0.39 is 6.04 Å². The van der Waals surface area contributed by atoms with Gasteiger partial charge in [-0.3, -0.25) is 4.79 Å². The third kappa shape index (κ3) is 4.31. The molecule has 0 fully saturated rings. The third-order valence-electron chi connectivity index (χ3n) is 1.54. The molecule has 12 heavy (non-hydrogen) atoms. The molecule has 0 aromatic rings. The number of likely N-dealkylation sites (N-methyl/N-ethyl adjacent to an activating group) is 1. The first kappa shape index (κ1) is 11.4. The van der Waals surface area contributed by atoms with Crippen LogP contribution in [-0.4, -0.2) is 43.7 Å². The molecular formula is C8H18N2O2. The van der Waals surface area contributed by atoms with Gasteiger partial charge in [-0.1, -0.05) is 0 Å². The van der Waals surface area contributed by atoms with Gasteiger partial charge < -0.3 is 15.4 Å². The second-order valence-electron chi connectivity index (χ2n) is 2.75. The molecular weight excluding hydrogens is 156 g/mol. The minimum atomic E-state index is -0.420. The average Bonchev–Trinajstić information content (AvgIpc) is 2.03. The molecule has 0 bridgehead atoms. The highest BCUT2D eigenvalue weighted by atomic mass is 16.5. The van der Waals surface area contributed by atoms with Gasteiger partial charge >= 0.3 is 0 Å². The van der Waals surface area contributed by atoms with Crippen molar-refractivity contribution in [2.45, 2.75) is 19.9 Å². The van der Waals surface area contributed by atoms with E-state index in [1.54, 1.807) is 18.9 Å². The number of amides is 1. The van der Waals surface area contributed by atoms with Crippen LogP contribution < -0.4 is 5.73 Å². The minimum absolute atomic E-state index is 0.0466. The fourth-order valence-corrected chi connectivity index (χ4v) is 0.804. The van der Waals surface area contributed by atoms with Gasteiger partial charge in [-0.15, -0.1) is 0 Å². The zero-order chi connectivity index (χ0) is 9.56. The van der Waals surface area contributed by atoms with Gasteiger partial charge in [-0.2, -0.15) is 0 Å². The van der Waals surface area contributed by atoms with E-state index in [9.17, 15) is 4.79 Å². The first-order chi connectivity index (χ1) is 5.59. The summed E-state index contributed by atoms with van der Waals surface area (Å²) in [4.78, 5) is 12.8. The molecule has 0 radical (unpaired) electrons. The second kappa shape index (κ2) is 5.97. The predicted molar refractivity (Wildman–Crippen MR) is 47.8 cm³/mol. The quantitative estimate of drug-likeness (QED) is 0.589. The summed E-state index contributed by atoms with van der Waals surface area (Å²) in [7, 11) is 1.73. The van der Waals surface area contributed by atoms with Crippen molar-refractivity contribution in [3.63, 3.8) is 0 Å². The Morgan fingerprint density at radius 3 is 2.67 bits per heavy atom. The Labute approximate surface area is 73.7 Å². The largest absolute Gasteiger partial charge is 0.380 e. The summed E-state index contributed by atoms with van der Waals surface area (Å²) in [6.07, 6.45) is 0. The number of hydrogen-bond acceptors (Lipinski definition) is 3. The van der Waals surface area contributed by atoms with Crippen molar-refractivity contribution in [2.24, 2.45) is 5.73 Å². The van der Waals surface area contributed by atoms with E-state index in [0.29, 0.717) is 19.8 Å². The number of nitrogens with zero attached hydrogens (tertiary/aromatic N) is 1. The summed E-state index contributed by atoms with van der Waals surface area (Å²) in [6.45, 7) is 5.47. The maximum atomic E-state index is 11.2. The topological polar surface area (TPSA) is 55.6 Å². The van der Waals surface area contributed by atoms with Crippen LogP contribution in [0, 0.1) is 0 Å². The zero-order valence-corrected chi connectivity index (χ0v) is 8.04. The van der Waals surface area contributed by atoms with E-state index in [0.717, 1.165) is 0 Å². The van der Waals surface area contributed by atoms with E-state index >= 15 is 0 Å². The standard InChI is InChI=1S/C8H18N2O2/c1-4-12-6-5-10(3)8(11)7(2)9/h7H,4-6,9H2,1-3H3/t7-/m0/s1. The van der Waals surface area contributed by atoms with Crippen LogP contribution in [0.1, 0.15) is 13.8 Å². The summed E-state index contributed by atoms with van der Waals surface area (Å²) >= 11 is 0. The summed E-state index contributed by atoms with van der Waals surface area (Å²) in [5.74, 6) is -0.0466. The van der Waals surface area contributed by atoms with Crippen molar-refractivity contribution in [1.29, 1.82) is 0 Å². The maximum absolute atomic E-state index is 11.2. The van der Waals surface area contributed by atoms with Crippen LogP contribution in [0.2, 0.25) is 0 Å². The van der Waals surface area contributed by atoms with Crippen LogP contribution >= 0.6 is 0 Å². The van der Waals surface area contributed by atoms with Crippen LogP contribution in [0.4, 0.5) is 0 Å². The fraction of sp³-hybridized carbons (Fsp3) is 0.875. The van der Waals surface area contributed by atoms with E-state index in [2.05, 4.69) is 0 Å². The first-order valence-corrected chi connectivity index (χ1v) is 4.17. The molecule has 1 atom stereocenters. The second-order valence-corrected chi connectivity index (χ2v) is 2.75. The first-order valence-electron chi connectivity index (χ1n) is 4.17. The van der Waals surface area contributed by atoms with E-state index in [1.807, 2.05) is 6.92 Å². The number of rotatable bonds is 5. The van der Waals surface area contributed by atoms with Gasteiger partial charge in [0.05, 0.1) is 12.6 Å². The normalized spacial score (nSPS) is 12.7. The van der Waals surface area contributed by atoms with Crippen LogP contribution in [0.3, 0.4) is 0 Å². The van der Waals surface area contributed by atoms with Gasteiger partial charge in [0.2, 0.25) is 5.91 Å². The molecule has 72 valence electrons. The molecule has 4 nitrogen and oxygen atoms in total. The van der Waals surface area contributed by atoms with Crippen molar-refractivity contribution in [3.05, 3.63) is 0 Å². The lowest BCUT2D eigenvalue weighted by molar-refractivity contribution is -0.131. The highest BCUT2D eigenvalue weighted by molar-refractivity contribution is 5.80. The lowest BCUT2D eigenvalue weighted by atomic mass is 10.3. The van der Waals surface area contributed by atoms with Gasteiger partial charge in [0.1, 0.15) is 0 Å². The van der Waals surface area contributed by atoms with Crippen molar-refractivity contribution in [2.75, 3.05) is 26.8 Å². The monoisotopic (exact) mass is 174 g/mol. The summed E-state index contributed by atoms with van der Waals surface area (Å²) in [6, 6.07) is -0.420. The molecule has 2 N–H and O–H groups in total. The molecule has 0 saturated carbocycles. The molecule has 0 aliphatic carbocycles. The van der Waals surface area contributed by atoms with E-state index in [4.69, 9.17) is 10.5 Å². The van der Waals surface area contributed by atoms with Crippen molar-refractivity contribution in [1.82, 2.24) is 4.90 Å². The molecule has 0 unspecified atom stereocenters. The Hall–Kier alpha value is -0.610. The number of nitrogens with two attached hydrogens (primary N) is 1. The Bertz CT molecular complexity index is 137. The number of carbonyl (C=O) groups is 1. The average molecular weight is 174 g/mol. The van der Waals surface area contributed by atoms with Gasteiger partial charge in [0, 0.05) is 20.2 Å². The third-order valence-corrected chi connectivity index (χ3v) is 1.54. The van der Waals surface area contributed by atoms with Crippen LogP contribution in [0.25, 0.3) is 0 Å². The number of ether oxygens (including phenoxy) is 1. The highest BCUT2D eigenvalue weighted by Gasteiger charge is 2.11. The van der Waals surface area contributed by atoms with Gasteiger partial charge in [-0.05, 0) is 13.8 Å². The fourth-order valence-electron chi connectivity index (χ4n) is 0.804. The SMILES string of the molecule is CCOCCN(C)C(=O)[C@H](C)N. The molecule has 0 rings (SSSR count). The van der Waals surface area contributed by atoms with Crippen LogP contribution in [-0.2, 0) is 9.53 Å². The molecule has 0 saturated heterocycles. The van der Waals surface area contributed by atoms with E-state index in [-0.39, 0.29) is 5.91 Å². The molecule has 0 aliphatic heterocycles.